The maximum atomic E-state index is 10.1. The molecule has 0 radical (unpaired) electrons. The lowest BCUT2D eigenvalue weighted by molar-refractivity contribution is -0.134. The van der Waals surface area contributed by atoms with Gasteiger partial charge in [-0.05, 0) is 37.8 Å². The first-order valence-corrected chi connectivity index (χ1v) is 8.56. The maximum absolute atomic E-state index is 10.1. The number of aliphatic hydroxyl groups is 3. The number of likely N-dealkylation sites (tertiary alicyclic amines) is 1. The molecular formula is C18H28N2O3. The number of aliphatic hydroxyl groups excluding tert-OH is 3. The highest BCUT2D eigenvalue weighted by Gasteiger charge is 2.40. The molecule has 0 amide bonds. The second-order valence-corrected chi connectivity index (χ2v) is 7.13. The van der Waals surface area contributed by atoms with Crippen LogP contribution in [0, 0.1) is 12.8 Å². The average Bonchev–Trinajstić information content (AvgIpc) is 2.99. The van der Waals surface area contributed by atoms with Crippen molar-refractivity contribution in [1.29, 1.82) is 0 Å². The van der Waals surface area contributed by atoms with Crippen molar-refractivity contribution in [2.75, 3.05) is 31.1 Å². The predicted octanol–water partition coefficient (Wildman–Crippen LogP) is 0.608. The number of β-amino-alcohol motifs (C(OH)–C–C–N with tert-alkyl or cyclic N) is 1. The molecule has 0 unspecified atom stereocenters. The Hall–Kier alpha value is -1.14. The topological polar surface area (TPSA) is 67.2 Å². The molecule has 5 atom stereocenters. The van der Waals surface area contributed by atoms with Crippen LogP contribution < -0.4 is 4.90 Å². The molecule has 23 heavy (non-hydrogen) atoms. The summed E-state index contributed by atoms with van der Waals surface area (Å²) in [5.41, 5.74) is 2.60. The number of hydrogen-bond donors (Lipinski definition) is 3. The zero-order chi connectivity index (χ0) is 16.6. The molecule has 2 saturated heterocycles. The summed E-state index contributed by atoms with van der Waals surface area (Å²) in [6.45, 7) is 7.40. The van der Waals surface area contributed by atoms with E-state index in [-0.39, 0.29) is 6.04 Å². The van der Waals surface area contributed by atoms with Gasteiger partial charge in [0.1, 0.15) is 6.10 Å². The van der Waals surface area contributed by atoms with E-state index in [4.69, 9.17) is 0 Å². The standard InChI is InChI=1S/C18H28N2O3/c1-12-5-3-4-6-15(12)19-8-7-14(9-19)10-20-11-16(21)18(23)17(22)13(20)2/h3-6,13-14,16-18,21-23H,7-11H2,1-2H3/t13-,14-,16+,17-,18-/m1/s1. The summed E-state index contributed by atoms with van der Waals surface area (Å²) in [5.74, 6) is 0.520. The molecule has 2 aliphatic rings. The first-order chi connectivity index (χ1) is 11.0. The van der Waals surface area contributed by atoms with Gasteiger partial charge in [0.25, 0.3) is 0 Å². The van der Waals surface area contributed by atoms with Gasteiger partial charge in [0, 0.05) is 37.9 Å². The Morgan fingerprint density at radius 3 is 2.57 bits per heavy atom. The van der Waals surface area contributed by atoms with Gasteiger partial charge in [-0.15, -0.1) is 0 Å². The average molecular weight is 320 g/mol. The van der Waals surface area contributed by atoms with Crippen LogP contribution in [0.5, 0.6) is 0 Å². The number of nitrogens with zero attached hydrogens (tertiary/aromatic N) is 2. The molecule has 2 aliphatic heterocycles. The number of benzene rings is 1. The number of hydrogen-bond acceptors (Lipinski definition) is 5. The van der Waals surface area contributed by atoms with E-state index in [1.54, 1.807) is 0 Å². The normalized spacial score (nSPS) is 35.7. The zero-order valence-corrected chi connectivity index (χ0v) is 14.0. The van der Waals surface area contributed by atoms with Crippen LogP contribution >= 0.6 is 0 Å². The van der Waals surface area contributed by atoms with Gasteiger partial charge in [-0.1, -0.05) is 18.2 Å². The van der Waals surface area contributed by atoms with Crippen LogP contribution in [0.4, 0.5) is 5.69 Å². The Morgan fingerprint density at radius 2 is 1.83 bits per heavy atom. The van der Waals surface area contributed by atoms with Crippen LogP contribution in [0.25, 0.3) is 0 Å². The fourth-order valence-electron chi connectivity index (χ4n) is 3.93. The third-order valence-electron chi connectivity index (χ3n) is 5.47. The van der Waals surface area contributed by atoms with E-state index in [1.165, 1.54) is 11.3 Å². The Bertz CT molecular complexity index is 539. The van der Waals surface area contributed by atoms with Gasteiger partial charge in [-0.2, -0.15) is 0 Å². The van der Waals surface area contributed by atoms with Crippen molar-refractivity contribution in [2.45, 2.75) is 44.6 Å². The summed E-state index contributed by atoms with van der Waals surface area (Å²) in [7, 11) is 0. The number of rotatable bonds is 3. The molecule has 0 aliphatic carbocycles. The van der Waals surface area contributed by atoms with E-state index >= 15 is 0 Å². The largest absolute Gasteiger partial charge is 0.389 e. The van der Waals surface area contributed by atoms with Gasteiger partial charge in [0.15, 0.2) is 0 Å². The molecule has 128 valence electrons. The van der Waals surface area contributed by atoms with Crippen molar-refractivity contribution in [2.24, 2.45) is 5.92 Å². The molecule has 0 aromatic heterocycles. The number of aryl methyl sites for hydroxylation is 1. The molecule has 1 aromatic rings. The first kappa shape index (κ1) is 16.7. The predicted molar refractivity (Wildman–Crippen MR) is 90.6 cm³/mol. The second-order valence-electron chi connectivity index (χ2n) is 7.13. The molecule has 2 heterocycles. The Morgan fingerprint density at radius 1 is 1.09 bits per heavy atom. The number of para-hydroxylation sites is 1. The minimum absolute atomic E-state index is 0.124. The zero-order valence-electron chi connectivity index (χ0n) is 14.0. The third-order valence-corrected chi connectivity index (χ3v) is 5.47. The summed E-state index contributed by atoms with van der Waals surface area (Å²) < 4.78 is 0. The van der Waals surface area contributed by atoms with Gasteiger partial charge in [0.05, 0.1) is 12.2 Å². The van der Waals surface area contributed by atoms with Crippen LogP contribution in [0.15, 0.2) is 24.3 Å². The van der Waals surface area contributed by atoms with Crippen molar-refractivity contribution < 1.29 is 15.3 Å². The van der Waals surface area contributed by atoms with E-state index in [0.717, 1.165) is 26.1 Å². The van der Waals surface area contributed by atoms with Gasteiger partial charge >= 0.3 is 0 Å². The van der Waals surface area contributed by atoms with Gasteiger partial charge in [-0.25, -0.2) is 0 Å². The molecular weight excluding hydrogens is 292 g/mol. The molecule has 0 bridgehead atoms. The van der Waals surface area contributed by atoms with Crippen LogP contribution in [0.1, 0.15) is 18.9 Å². The van der Waals surface area contributed by atoms with E-state index < -0.39 is 18.3 Å². The van der Waals surface area contributed by atoms with Crippen molar-refractivity contribution in [1.82, 2.24) is 4.90 Å². The first-order valence-electron chi connectivity index (χ1n) is 8.56. The van der Waals surface area contributed by atoms with Crippen LogP contribution in [0.2, 0.25) is 0 Å². The Balaban J connectivity index is 1.61. The molecule has 3 rings (SSSR count). The summed E-state index contributed by atoms with van der Waals surface area (Å²) >= 11 is 0. The van der Waals surface area contributed by atoms with Crippen LogP contribution in [-0.4, -0.2) is 70.8 Å². The minimum atomic E-state index is -1.03. The van der Waals surface area contributed by atoms with Crippen LogP contribution in [0.3, 0.4) is 0 Å². The lowest BCUT2D eigenvalue weighted by Gasteiger charge is -2.43. The summed E-state index contributed by atoms with van der Waals surface area (Å²) in [6, 6.07) is 8.34. The quantitative estimate of drug-likeness (QED) is 0.761. The fraction of sp³-hybridized carbons (Fsp3) is 0.667. The highest BCUT2D eigenvalue weighted by atomic mass is 16.4. The maximum Gasteiger partial charge on any atom is 0.108 e. The lowest BCUT2D eigenvalue weighted by Crippen LogP contribution is -2.60. The highest BCUT2D eigenvalue weighted by Crippen LogP contribution is 2.28. The van der Waals surface area contributed by atoms with E-state index in [0.29, 0.717) is 12.5 Å². The molecule has 0 spiro atoms. The smallest absolute Gasteiger partial charge is 0.108 e. The minimum Gasteiger partial charge on any atom is -0.389 e. The Labute approximate surface area is 138 Å². The highest BCUT2D eigenvalue weighted by molar-refractivity contribution is 5.53. The van der Waals surface area contributed by atoms with E-state index in [1.807, 2.05) is 6.92 Å². The monoisotopic (exact) mass is 320 g/mol. The van der Waals surface area contributed by atoms with Crippen molar-refractivity contribution in [3.63, 3.8) is 0 Å². The molecule has 0 saturated carbocycles. The summed E-state index contributed by atoms with van der Waals surface area (Å²) in [4.78, 5) is 4.55. The number of anilines is 1. The fourth-order valence-corrected chi connectivity index (χ4v) is 3.93. The summed E-state index contributed by atoms with van der Waals surface area (Å²) in [6.07, 6.45) is -1.66. The SMILES string of the molecule is Cc1ccccc1N1CC[C@@H](CN2C[C@H](O)[C@@H](O)[C@H](O)[C@H]2C)C1. The lowest BCUT2D eigenvalue weighted by atomic mass is 9.93. The van der Waals surface area contributed by atoms with Gasteiger partial charge in [0.2, 0.25) is 0 Å². The molecule has 1 aromatic carbocycles. The van der Waals surface area contributed by atoms with E-state index in [9.17, 15) is 15.3 Å². The Kier molecular flexibility index (Phi) is 4.92. The number of piperidine rings is 1. The molecule has 5 nitrogen and oxygen atoms in total. The van der Waals surface area contributed by atoms with Crippen molar-refractivity contribution >= 4 is 5.69 Å². The summed E-state index contributed by atoms with van der Waals surface area (Å²) in [5, 5.41) is 29.8. The third kappa shape index (κ3) is 3.38. The molecule has 2 fully saturated rings. The van der Waals surface area contributed by atoms with Crippen molar-refractivity contribution in [3.8, 4) is 0 Å². The van der Waals surface area contributed by atoms with E-state index in [2.05, 4.69) is 41.0 Å². The van der Waals surface area contributed by atoms with Crippen LogP contribution in [-0.2, 0) is 0 Å². The van der Waals surface area contributed by atoms with Gasteiger partial charge < -0.3 is 20.2 Å². The van der Waals surface area contributed by atoms with Crippen molar-refractivity contribution in [3.05, 3.63) is 29.8 Å². The molecule has 3 N–H and O–H groups in total. The van der Waals surface area contributed by atoms with Gasteiger partial charge in [-0.3, -0.25) is 4.90 Å². The second kappa shape index (κ2) is 6.77. The molecule has 5 heteroatoms.